The molecule has 0 atom stereocenters. The number of aliphatic hydroxyl groups is 1. The van der Waals surface area contributed by atoms with E-state index in [1.165, 1.54) is 14.7 Å². The number of ether oxygens (including phenoxy) is 1. The van der Waals surface area contributed by atoms with E-state index in [-0.39, 0.29) is 29.9 Å². The van der Waals surface area contributed by atoms with Crippen LogP contribution in [-0.2, 0) is 10.9 Å². The molecule has 0 spiro atoms. The highest BCUT2D eigenvalue weighted by molar-refractivity contribution is 7.99. The summed E-state index contributed by atoms with van der Waals surface area (Å²) in [7, 11) is -0.165. The highest BCUT2D eigenvalue weighted by Crippen LogP contribution is 2.34. The SMILES string of the molecule is O=C(c1ccc(OCCO)cc1)c1ccc(Sc2ccc([S+](c3ccccc3)c3ccccc3)cc2)cc1. The Morgan fingerprint density at radius 2 is 1.05 bits per heavy atom. The van der Waals surface area contributed by atoms with E-state index in [1.54, 1.807) is 36.0 Å². The van der Waals surface area contributed by atoms with Gasteiger partial charge in [0.2, 0.25) is 0 Å². The molecule has 0 aliphatic carbocycles. The van der Waals surface area contributed by atoms with Crippen LogP contribution in [0.3, 0.4) is 0 Å². The van der Waals surface area contributed by atoms with Crippen LogP contribution in [0, 0.1) is 0 Å². The van der Waals surface area contributed by atoms with E-state index >= 15 is 0 Å². The summed E-state index contributed by atoms with van der Waals surface area (Å²) in [6, 6.07) is 44.8. The first-order valence-corrected chi connectivity index (χ1v) is 14.4. The summed E-state index contributed by atoms with van der Waals surface area (Å²) in [4.78, 5) is 19.0. The molecule has 0 radical (unpaired) electrons. The Hall–Kier alpha value is -3.77. The summed E-state index contributed by atoms with van der Waals surface area (Å²) in [5, 5.41) is 8.87. The van der Waals surface area contributed by atoms with Gasteiger partial charge in [-0.25, -0.2) is 0 Å². The van der Waals surface area contributed by atoms with Crippen molar-refractivity contribution in [1.82, 2.24) is 0 Å². The van der Waals surface area contributed by atoms with Crippen molar-refractivity contribution in [2.45, 2.75) is 24.5 Å². The number of carbonyl (C=O) groups excluding carboxylic acids is 1. The van der Waals surface area contributed by atoms with Crippen molar-refractivity contribution in [3.8, 4) is 5.75 Å². The van der Waals surface area contributed by atoms with Gasteiger partial charge in [0.15, 0.2) is 20.5 Å². The van der Waals surface area contributed by atoms with Gasteiger partial charge in [-0.05, 0) is 97.1 Å². The maximum absolute atomic E-state index is 12.9. The first kappa shape index (κ1) is 25.9. The third-order valence-electron chi connectivity index (χ3n) is 5.85. The van der Waals surface area contributed by atoms with Gasteiger partial charge in [-0.1, -0.05) is 48.2 Å². The van der Waals surface area contributed by atoms with Gasteiger partial charge in [0.25, 0.3) is 0 Å². The average molecular weight is 536 g/mol. The zero-order valence-corrected chi connectivity index (χ0v) is 22.3. The lowest BCUT2D eigenvalue weighted by Crippen LogP contribution is -2.04. The van der Waals surface area contributed by atoms with Crippen LogP contribution in [0.1, 0.15) is 15.9 Å². The minimum Gasteiger partial charge on any atom is -0.491 e. The van der Waals surface area contributed by atoms with Gasteiger partial charge in [-0.15, -0.1) is 0 Å². The molecule has 0 aliphatic rings. The molecule has 5 aromatic carbocycles. The fourth-order valence-electron chi connectivity index (χ4n) is 4.01. The number of ketones is 1. The number of rotatable bonds is 10. The fourth-order valence-corrected chi connectivity index (χ4v) is 6.91. The van der Waals surface area contributed by atoms with Crippen LogP contribution in [0.4, 0.5) is 0 Å². The lowest BCUT2D eigenvalue weighted by Gasteiger charge is -2.09. The normalized spacial score (nSPS) is 10.9. The third-order valence-corrected chi connectivity index (χ3v) is 9.09. The summed E-state index contributed by atoms with van der Waals surface area (Å²) >= 11 is 1.68. The van der Waals surface area contributed by atoms with Gasteiger partial charge in [0.05, 0.1) is 17.5 Å². The fraction of sp³-hybridized carbons (Fsp3) is 0.0606. The van der Waals surface area contributed by atoms with E-state index in [1.807, 2.05) is 24.3 Å². The molecule has 1 N–H and O–H groups in total. The number of aliphatic hydroxyl groups excluding tert-OH is 1. The Kier molecular flexibility index (Phi) is 8.61. The van der Waals surface area contributed by atoms with Crippen molar-refractivity contribution < 1.29 is 14.6 Å². The van der Waals surface area contributed by atoms with Gasteiger partial charge in [0.1, 0.15) is 12.4 Å². The molecule has 188 valence electrons. The van der Waals surface area contributed by atoms with E-state index in [2.05, 4.69) is 84.9 Å². The Labute approximate surface area is 230 Å². The van der Waals surface area contributed by atoms with Crippen LogP contribution in [0.15, 0.2) is 158 Å². The van der Waals surface area contributed by atoms with E-state index in [9.17, 15) is 4.79 Å². The minimum absolute atomic E-state index is 0.0338. The van der Waals surface area contributed by atoms with Crippen molar-refractivity contribution in [2.75, 3.05) is 13.2 Å². The maximum Gasteiger partial charge on any atom is 0.193 e. The van der Waals surface area contributed by atoms with Gasteiger partial charge in [-0.3, -0.25) is 4.79 Å². The quantitative estimate of drug-likeness (QED) is 0.148. The van der Waals surface area contributed by atoms with Crippen LogP contribution in [-0.4, -0.2) is 24.1 Å². The molecule has 0 amide bonds. The second kappa shape index (κ2) is 12.7. The number of hydrogen-bond acceptors (Lipinski definition) is 4. The molecule has 3 nitrogen and oxygen atoms in total. The Morgan fingerprint density at radius 3 is 1.55 bits per heavy atom. The molecule has 0 saturated heterocycles. The summed E-state index contributed by atoms with van der Waals surface area (Å²) in [5.74, 6) is 0.598. The first-order chi connectivity index (χ1) is 18.7. The highest BCUT2D eigenvalue weighted by Gasteiger charge is 2.28. The van der Waals surface area contributed by atoms with E-state index in [4.69, 9.17) is 9.84 Å². The Morgan fingerprint density at radius 1 is 0.605 bits per heavy atom. The summed E-state index contributed by atoms with van der Waals surface area (Å²) in [6.45, 7) is 0.188. The molecule has 0 aliphatic heterocycles. The van der Waals surface area contributed by atoms with Gasteiger partial charge < -0.3 is 9.84 Å². The molecular weight excluding hydrogens is 508 g/mol. The zero-order chi connectivity index (χ0) is 26.2. The van der Waals surface area contributed by atoms with Crippen LogP contribution in [0.2, 0.25) is 0 Å². The topological polar surface area (TPSA) is 46.5 Å². The third kappa shape index (κ3) is 6.37. The predicted octanol–water partition coefficient (Wildman–Crippen LogP) is 7.54. The molecule has 0 heterocycles. The van der Waals surface area contributed by atoms with E-state index in [0.29, 0.717) is 16.9 Å². The Balaban J connectivity index is 1.28. The lowest BCUT2D eigenvalue weighted by atomic mass is 10.0. The molecule has 0 saturated carbocycles. The average Bonchev–Trinajstić information content (AvgIpc) is 2.98. The number of hydrogen-bond donors (Lipinski definition) is 1. The molecule has 0 aromatic heterocycles. The van der Waals surface area contributed by atoms with Gasteiger partial charge in [0, 0.05) is 20.9 Å². The summed E-state index contributed by atoms with van der Waals surface area (Å²) in [5.41, 5.74) is 1.24. The summed E-state index contributed by atoms with van der Waals surface area (Å²) in [6.07, 6.45) is 0. The Bertz CT molecular complexity index is 1410. The molecule has 0 bridgehead atoms. The number of carbonyl (C=O) groups is 1. The molecule has 5 heteroatoms. The highest BCUT2D eigenvalue weighted by atomic mass is 32.2. The van der Waals surface area contributed by atoms with Crippen molar-refractivity contribution in [3.05, 3.63) is 145 Å². The largest absolute Gasteiger partial charge is 0.491 e. The van der Waals surface area contributed by atoms with Crippen molar-refractivity contribution in [1.29, 1.82) is 0 Å². The van der Waals surface area contributed by atoms with Gasteiger partial charge >= 0.3 is 0 Å². The monoisotopic (exact) mass is 535 g/mol. The molecular formula is C33H27O3S2+. The number of benzene rings is 5. The van der Waals surface area contributed by atoms with Crippen LogP contribution >= 0.6 is 11.8 Å². The summed E-state index contributed by atoms with van der Waals surface area (Å²) < 4.78 is 5.37. The van der Waals surface area contributed by atoms with Crippen molar-refractivity contribution >= 4 is 28.4 Å². The van der Waals surface area contributed by atoms with E-state index in [0.717, 1.165) is 9.79 Å². The minimum atomic E-state index is -0.165. The van der Waals surface area contributed by atoms with Crippen LogP contribution < -0.4 is 4.74 Å². The van der Waals surface area contributed by atoms with E-state index < -0.39 is 0 Å². The molecule has 38 heavy (non-hydrogen) atoms. The second-order valence-electron chi connectivity index (χ2n) is 8.46. The van der Waals surface area contributed by atoms with Crippen LogP contribution in [0.5, 0.6) is 5.75 Å². The molecule has 0 fully saturated rings. The van der Waals surface area contributed by atoms with Crippen molar-refractivity contribution in [2.24, 2.45) is 0 Å². The molecule has 0 unspecified atom stereocenters. The molecule has 5 rings (SSSR count). The van der Waals surface area contributed by atoms with Crippen molar-refractivity contribution in [3.63, 3.8) is 0 Å². The second-order valence-corrected chi connectivity index (χ2v) is 11.6. The molecule has 5 aromatic rings. The first-order valence-electron chi connectivity index (χ1n) is 12.3. The standard InChI is InChI=1S/C33H27O3S2/c34-23-24-36-27-15-11-25(12-16-27)33(35)26-13-17-28(18-14-26)37-29-19-21-32(22-20-29)38(30-7-3-1-4-8-30)31-9-5-2-6-10-31/h1-22,34H,23-24H2/q+1. The predicted molar refractivity (Wildman–Crippen MR) is 155 cm³/mol. The zero-order valence-electron chi connectivity index (χ0n) is 20.7. The van der Waals surface area contributed by atoms with Gasteiger partial charge in [-0.2, -0.15) is 0 Å². The maximum atomic E-state index is 12.9. The smallest absolute Gasteiger partial charge is 0.193 e. The lowest BCUT2D eigenvalue weighted by molar-refractivity contribution is 0.103. The van der Waals surface area contributed by atoms with Crippen LogP contribution in [0.25, 0.3) is 0 Å².